The standard InChI is InChI=1S/C15H13BrCl2F2N2O/c1-15(19,20)4-6-5-21-10(23)2-7-11-8(16)3-9(17)12(18)14(11)22-13(6)7/h3,6,22H,2,4-5H2,1H3,(H,21,23). The molecule has 1 aromatic carbocycles. The highest BCUT2D eigenvalue weighted by molar-refractivity contribution is 9.10. The van der Waals surface area contributed by atoms with Crippen LogP contribution >= 0.6 is 39.1 Å². The minimum atomic E-state index is -2.84. The van der Waals surface area contributed by atoms with Crippen LogP contribution in [-0.2, 0) is 11.2 Å². The van der Waals surface area contributed by atoms with Gasteiger partial charge < -0.3 is 10.3 Å². The summed E-state index contributed by atoms with van der Waals surface area (Å²) in [5, 5.41) is 4.08. The lowest BCUT2D eigenvalue weighted by Gasteiger charge is -2.19. The van der Waals surface area contributed by atoms with Gasteiger partial charge in [0.1, 0.15) is 0 Å². The molecule has 1 aliphatic heterocycles. The van der Waals surface area contributed by atoms with Crippen molar-refractivity contribution in [1.29, 1.82) is 0 Å². The number of rotatable bonds is 2. The van der Waals surface area contributed by atoms with Gasteiger partial charge in [-0.25, -0.2) is 8.78 Å². The molecule has 1 amide bonds. The maximum atomic E-state index is 13.5. The quantitative estimate of drug-likeness (QED) is 0.650. The lowest BCUT2D eigenvalue weighted by Crippen LogP contribution is -2.28. The van der Waals surface area contributed by atoms with Gasteiger partial charge in [0.2, 0.25) is 11.8 Å². The van der Waals surface area contributed by atoms with E-state index < -0.39 is 11.8 Å². The molecule has 23 heavy (non-hydrogen) atoms. The number of alkyl halides is 2. The number of fused-ring (bicyclic) bond motifs is 3. The number of aromatic nitrogens is 1. The second-order valence-corrected chi connectivity index (χ2v) is 7.51. The molecule has 0 aliphatic carbocycles. The van der Waals surface area contributed by atoms with Gasteiger partial charge in [-0.1, -0.05) is 39.1 Å². The maximum Gasteiger partial charge on any atom is 0.246 e. The molecule has 0 spiro atoms. The van der Waals surface area contributed by atoms with Gasteiger partial charge in [-0.2, -0.15) is 0 Å². The third kappa shape index (κ3) is 3.21. The van der Waals surface area contributed by atoms with E-state index in [2.05, 4.69) is 26.2 Å². The third-order valence-electron chi connectivity index (χ3n) is 3.95. The van der Waals surface area contributed by atoms with E-state index in [-0.39, 0.29) is 25.3 Å². The molecular formula is C15H13BrCl2F2N2O. The summed E-state index contributed by atoms with van der Waals surface area (Å²) in [5.41, 5.74) is 1.87. The molecule has 2 heterocycles. The number of hydrogen-bond acceptors (Lipinski definition) is 1. The highest BCUT2D eigenvalue weighted by atomic mass is 79.9. The van der Waals surface area contributed by atoms with E-state index in [0.29, 0.717) is 31.3 Å². The number of carbonyl (C=O) groups excluding carboxylic acids is 1. The highest BCUT2D eigenvalue weighted by Crippen LogP contribution is 2.42. The van der Waals surface area contributed by atoms with Gasteiger partial charge in [-0.15, -0.1) is 0 Å². The Bertz CT molecular complexity index is 801. The molecular weight excluding hydrogens is 413 g/mol. The van der Waals surface area contributed by atoms with Crippen LogP contribution < -0.4 is 5.32 Å². The summed E-state index contributed by atoms with van der Waals surface area (Å²) in [6.07, 6.45) is -0.256. The van der Waals surface area contributed by atoms with Gasteiger partial charge in [-0.05, 0) is 18.6 Å². The summed E-state index contributed by atoms with van der Waals surface area (Å²) in [4.78, 5) is 15.1. The van der Waals surface area contributed by atoms with Crippen molar-refractivity contribution in [3.8, 4) is 0 Å². The van der Waals surface area contributed by atoms with Crippen molar-refractivity contribution in [1.82, 2.24) is 10.3 Å². The van der Waals surface area contributed by atoms with Gasteiger partial charge in [0.05, 0.1) is 22.0 Å². The van der Waals surface area contributed by atoms with Crippen LogP contribution in [-0.4, -0.2) is 23.4 Å². The molecule has 0 saturated carbocycles. The van der Waals surface area contributed by atoms with Crippen LogP contribution in [0.25, 0.3) is 10.9 Å². The molecule has 3 nitrogen and oxygen atoms in total. The minimum absolute atomic E-state index is 0.109. The third-order valence-corrected chi connectivity index (χ3v) is 5.37. The first kappa shape index (κ1) is 17.0. The van der Waals surface area contributed by atoms with E-state index in [1.54, 1.807) is 6.07 Å². The number of benzene rings is 1. The van der Waals surface area contributed by atoms with E-state index in [1.165, 1.54) is 0 Å². The summed E-state index contributed by atoms with van der Waals surface area (Å²) in [7, 11) is 0. The normalized spacial score (nSPS) is 18.7. The lowest BCUT2D eigenvalue weighted by atomic mass is 9.94. The second kappa shape index (κ2) is 5.90. The summed E-state index contributed by atoms with van der Waals surface area (Å²) in [6.45, 7) is 1.03. The Hall–Kier alpha value is -0.850. The fourth-order valence-electron chi connectivity index (χ4n) is 3.05. The molecule has 3 rings (SSSR count). The topological polar surface area (TPSA) is 44.9 Å². The zero-order valence-corrected chi connectivity index (χ0v) is 15.2. The van der Waals surface area contributed by atoms with Crippen LogP contribution in [0.2, 0.25) is 10.0 Å². The van der Waals surface area contributed by atoms with Crippen molar-refractivity contribution < 1.29 is 13.6 Å². The van der Waals surface area contributed by atoms with E-state index in [9.17, 15) is 13.6 Å². The Morgan fingerprint density at radius 3 is 2.78 bits per heavy atom. The van der Waals surface area contributed by atoms with Crippen molar-refractivity contribution in [2.45, 2.75) is 31.6 Å². The van der Waals surface area contributed by atoms with Crippen molar-refractivity contribution in [2.24, 2.45) is 0 Å². The molecule has 1 unspecified atom stereocenters. The molecule has 1 aliphatic rings. The van der Waals surface area contributed by atoms with Gasteiger partial charge in [0.25, 0.3) is 0 Å². The van der Waals surface area contributed by atoms with Crippen molar-refractivity contribution in [3.63, 3.8) is 0 Å². The number of hydrogen-bond donors (Lipinski definition) is 2. The minimum Gasteiger partial charge on any atom is -0.357 e. The van der Waals surface area contributed by atoms with Crippen LogP contribution in [0.5, 0.6) is 0 Å². The Morgan fingerprint density at radius 1 is 1.43 bits per heavy atom. The molecule has 0 fully saturated rings. The molecule has 124 valence electrons. The molecule has 1 aromatic heterocycles. The summed E-state index contributed by atoms with van der Waals surface area (Å²) < 4.78 is 27.7. The zero-order valence-electron chi connectivity index (χ0n) is 12.1. The largest absolute Gasteiger partial charge is 0.357 e. The van der Waals surface area contributed by atoms with Crippen molar-refractivity contribution in [2.75, 3.05) is 6.54 Å². The molecule has 8 heteroatoms. The van der Waals surface area contributed by atoms with Gasteiger partial charge in [0.15, 0.2) is 0 Å². The molecule has 0 bridgehead atoms. The number of carbonyl (C=O) groups is 1. The zero-order chi connectivity index (χ0) is 16.9. The molecule has 2 N–H and O–H groups in total. The first-order valence-corrected chi connectivity index (χ1v) is 8.54. The summed E-state index contributed by atoms with van der Waals surface area (Å²) >= 11 is 15.7. The van der Waals surface area contributed by atoms with E-state index in [4.69, 9.17) is 23.2 Å². The van der Waals surface area contributed by atoms with Crippen LogP contribution in [0, 0.1) is 0 Å². The molecule has 0 radical (unpaired) electrons. The predicted octanol–water partition coefficient (Wildman–Crippen LogP) is 5.04. The van der Waals surface area contributed by atoms with Gasteiger partial charge >= 0.3 is 0 Å². The lowest BCUT2D eigenvalue weighted by molar-refractivity contribution is -0.120. The van der Waals surface area contributed by atoms with Gasteiger partial charge in [-0.3, -0.25) is 4.79 Å². The number of nitrogens with one attached hydrogen (secondary N) is 2. The maximum absolute atomic E-state index is 13.5. The SMILES string of the molecule is CC(F)(F)CC1CNC(=O)Cc2c1[nH]c1c(Cl)c(Cl)cc(Br)c21. The van der Waals surface area contributed by atoms with E-state index in [0.717, 1.165) is 12.3 Å². The van der Waals surface area contributed by atoms with E-state index >= 15 is 0 Å². The number of amides is 1. The number of halogens is 5. The van der Waals surface area contributed by atoms with E-state index in [1.807, 2.05) is 0 Å². The average Bonchev–Trinajstić information content (AvgIpc) is 2.73. The first-order chi connectivity index (χ1) is 10.7. The summed E-state index contributed by atoms with van der Waals surface area (Å²) in [6, 6.07) is 1.65. The Kier molecular flexibility index (Phi) is 4.36. The molecule has 1 atom stereocenters. The average molecular weight is 426 g/mol. The van der Waals surface area contributed by atoms with Crippen molar-refractivity contribution in [3.05, 3.63) is 31.8 Å². The molecule has 0 saturated heterocycles. The first-order valence-electron chi connectivity index (χ1n) is 7.00. The molecule has 2 aromatic rings. The van der Waals surface area contributed by atoms with Crippen molar-refractivity contribution >= 4 is 55.9 Å². The predicted molar refractivity (Wildman–Crippen MR) is 90.7 cm³/mol. The second-order valence-electron chi connectivity index (χ2n) is 5.87. The fourth-order valence-corrected chi connectivity index (χ4v) is 4.25. The number of aromatic amines is 1. The highest BCUT2D eigenvalue weighted by Gasteiger charge is 2.34. The smallest absolute Gasteiger partial charge is 0.246 e. The fraction of sp³-hybridized carbons (Fsp3) is 0.400. The van der Waals surface area contributed by atoms with Gasteiger partial charge in [0, 0.05) is 34.4 Å². The van der Waals surface area contributed by atoms with Crippen LogP contribution in [0.1, 0.15) is 30.5 Å². The Labute approximate surface area is 149 Å². The Balaban J connectivity index is 2.24. The van der Waals surface area contributed by atoms with Crippen LogP contribution in [0.4, 0.5) is 8.78 Å². The van der Waals surface area contributed by atoms with Crippen LogP contribution in [0.3, 0.4) is 0 Å². The monoisotopic (exact) mass is 424 g/mol. The Morgan fingerprint density at radius 2 is 2.13 bits per heavy atom. The summed E-state index contributed by atoms with van der Waals surface area (Å²) in [5.74, 6) is -3.56. The number of H-pyrrole nitrogens is 1. The van der Waals surface area contributed by atoms with Crippen LogP contribution in [0.15, 0.2) is 10.5 Å².